The van der Waals surface area contributed by atoms with Crippen LogP contribution in [0.2, 0.25) is 0 Å². The van der Waals surface area contributed by atoms with Gasteiger partial charge in [0.1, 0.15) is 6.10 Å². The average Bonchev–Trinajstić information content (AvgIpc) is 2.34. The van der Waals surface area contributed by atoms with Gasteiger partial charge in [-0.05, 0) is 12.8 Å². The van der Waals surface area contributed by atoms with Gasteiger partial charge in [0.15, 0.2) is 5.01 Å². The van der Waals surface area contributed by atoms with Gasteiger partial charge in [0.25, 0.3) is 0 Å². The molecule has 0 aliphatic rings. The Bertz CT molecular complexity index is 242. The highest BCUT2D eigenvalue weighted by atomic mass is 32.1. The fourth-order valence-electron chi connectivity index (χ4n) is 0.451. The highest BCUT2D eigenvalue weighted by Crippen LogP contribution is 2.00. The molecule has 1 heterocycles. The van der Waals surface area contributed by atoms with Crippen LogP contribution in [0.4, 0.5) is 0 Å². The van der Waals surface area contributed by atoms with Crippen LogP contribution in [0, 0.1) is 11.8 Å². The van der Waals surface area contributed by atoms with Crippen LogP contribution in [0.5, 0.6) is 0 Å². The van der Waals surface area contributed by atoms with Crippen molar-refractivity contribution in [1.82, 2.24) is 4.98 Å². The lowest BCUT2D eigenvalue weighted by molar-refractivity contribution is 0.253. The van der Waals surface area contributed by atoms with Crippen LogP contribution in [0.1, 0.15) is 11.9 Å². The van der Waals surface area contributed by atoms with E-state index >= 15 is 0 Å². The maximum Gasteiger partial charge on any atom is 0.166 e. The fourth-order valence-corrected chi connectivity index (χ4v) is 0.942. The second-order valence-electron chi connectivity index (χ2n) is 1.78. The second-order valence-corrected chi connectivity index (χ2v) is 2.68. The highest BCUT2D eigenvalue weighted by Gasteiger charge is 1.87. The molecule has 0 aliphatic carbocycles. The molecule has 0 aromatic carbocycles. The SMILES string of the molecule is CC(O)C#Cc1nccs1. The normalized spacial score (nSPS) is 11.8. The first-order valence-corrected chi connectivity index (χ1v) is 3.76. The molecule has 0 bridgehead atoms. The Kier molecular flexibility index (Phi) is 2.43. The van der Waals surface area contributed by atoms with Crippen molar-refractivity contribution in [1.29, 1.82) is 0 Å². The van der Waals surface area contributed by atoms with Crippen LogP contribution in [0.15, 0.2) is 11.6 Å². The van der Waals surface area contributed by atoms with Gasteiger partial charge in [0.05, 0.1) is 0 Å². The van der Waals surface area contributed by atoms with Crippen molar-refractivity contribution in [3.63, 3.8) is 0 Å². The van der Waals surface area contributed by atoms with Crippen LogP contribution in [0.25, 0.3) is 0 Å². The quantitative estimate of drug-likeness (QED) is 0.561. The lowest BCUT2D eigenvalue weighted by Gasteiger charge is -1.84. The number of rotatable bonds is 0. The lowest BCUT2D eigenvalue weighted by atomic mass is 10.4. The molecular weight excluding hydrogens is 146 g/mol. The molecule has 52 valence electrons. The zero-order chi connectivity index (χ0) is 7.40. The molecule has 1 N–H and O–H groups in total. The van der Waals surface area contributed by atoms with Gasteiger partial charge in [0.2, 0.25) is 0 Å². The molecule has 1 aromatic rings. The van der Waals surface area contributed by atoms with E-state index < -0.39 is 6.10 Å². The average molecular weight is 153 g/mol. The molecule has 10 heavy (non-hydrogen) atoms. The van der Waals surface area contributed by atoms with Gasteiger partial charge in [-0.15, -0.1) is 11.3 Å². The van der Waals surface area contributed by atoms with Crippen molar-refractivity contribution >= 4 is 11.3 Å². The molecule has 0 aliphatic heterocycles. The number of aliphatic hydroxyl groups excluding tert-OH is 1. The molecule has 0 spiro atoms. The Morgan fingerprint density at radius 3 is 3.10 bits per heavy atom. The predicted octanol–water partition coefficient (Wildman–Crippen LogP) is 0.875. The smallest absolute Gasteiger partial charge is 0.166 e. The first kappa shape index (κ1) is 7.26. The van der Waals surface area contributed by atoms with Gasteiger partial charge in [-0.25, -0.2) is 4.98 Å². The summed E-state index contributed by atoms with van der Waals surface area (Å²) in [6, 6.07) is 0. The van der Waals surface area contributed by atoms with Crippen molar-refractivity contribution in [3.05, 3.63) is 16.6 Å². The van der Waals surface area contributed by atoms with E-state index in [1.807, 2.05) is 5.38 Å². The molecular formula is C7H7NOS. The number of aromatic nitrogens is 1. The van der Waals surface area contributed by atoms with Crippen LogP contribution in [-0.4, -0.2) is 16.2 Å². The molecule has 0 saturated carbocycles. The molecule has 3 heteroatoms. The van der Waals surface area contributed by atoms with E-state index in [2.05, 4.69) is 16.8 Å². The number of thiazole rings is 1. The number of hydrogen-bond donors (Lipinski definition) is 1. The third-order valence-corrected chi connectivity index (χ3v) is 1.51. The number of hydrogen-bond acceptors (Lipinski definition) is 3. The van der Waals surface area contributed by atoms with Crippen molar-refractivity contribution in [2.75, 3.05) is 0 Å². The highest BCUT2D eigenvalue weighted by molar-refractivity contribution is 7.10. The summed E-state index contributed by atoms with van der Waals surface area (Å²) in [7, 11) is 0. The number of aliphatic hydroxyl groups is 1. The van der Waals surface area contributed by atoms with Crippen molar-refractivity contribution in [2.45, 2.75) is 13.0 Å². The summed E-state index contributed by atoms with van der Waals surface area (Å²) < 4.78 is 0. The van der Waals surface area contributed by atoms with E-state index in [1.165, 1.54) is 11.3 Å². The standard InChI is InChI=1S/C7H7NOS/c1-6(9)2-3-7-8-4-5-10-7/h4-6,9H,1H3. The van der Waals surface area contributed by atoms with Crippen LogP contribution < -0.4 is 0 Å². The molecule has 0 amide bonds. The zero-order valence-corrected chi connectivity index (χ0v) is 6.35. The van der Waals surface area contributed by atoms with Crippen molar-refractivity contribution in [3.8, 4) is 11.8 Å². The summed E-state index contributed by atoms with van der Waals surface area (Å²) >= 11 is 1.47. The Hall–Kier alpha value is -0.850. The first-order valence-electron chi connectivity index (χ1n) is 2.88. The van der Waals surface area contributed by atoms with Crippen LogP contribution >= 0.6 is 11.3 Å². The third kappa shape index (κ3) is 2.18. The van der Waals surface area contributed by atoms with Gasteiger partial charge in [-0.3, -0.25) is 0 Å². The van der Waals surface area contributed by atoms with Gasteiger partial charge >= 0.3 is 0 Å². The van der Waals surface area contributed by atoms with E-state index in [4.69, 9.17) is 5.11 Å². The summed E-state index contributed by atoms with van der Waals surface area (Å²) in [6.45, 7) is 1.63. The summed E-state index contributed by atoms with van der Waals surface area (Å²) in [5.74, 6) is 5.33. The predicted molar refractivity (Wildman–Crippen MR) is 40.7 cm³/mol. The maximum atomic E-state index is 8.75. The minimum absolute atomic E-state index is 0.566. The Labute approximate surface area is 63.5 Å². The van der Waals surface area contributed by atoms with E-state index in [0.29, 0.717) is 0 Å². The molecule has 1 aromatic heterocycles. The summed E-state index contributed by atoms with van der Waals surface area (Å²) in [5.41, 5.74) is 0. The van der Waals surface area contributed by atoms with Gasteiger partial charge < -0.3 is 5.11 Å². The van der Waals surface area contributed by atoms with Crippen molar-refractivity contribution in [2.24, 2.45) is 0 Å². The van der Waals surface area contributed by atoms with Gasteiger partial charge in [0, 0.05) is 11.6 Å². The molecule has 1 atom stereocenters. The zero-order valence-electron chi connectivity index (χ0n) is 5.53. The van der Waals surface area contributed by atoms with Gasteiger partial charge in [-0.2, -0.15) is 0 Å². The Morgan fingerprint density at radius 2 is 2.60 bits per heavy atom. The number of nitrogens with zero attached hydrogens (tertiary/aromatic N) is 1. The minimum atomic E-state index is -0.566. The monoisotopic (exact) mass is 153 g/mol. The van der Waals surface area contributed by atoms with Crippen molar-refractivity contribution < 1.29 is 5.11 Å². The first-order chi connectivity index (χ1) is 4.79. The molecule has 1 rings (SSSR count). The van der Waals surface area contributed by atoms with E-state index in [9.17, 15) is 0 Å². The molecule has 2 nitrogen and oxygen atoms in total. The Morgan fingerprint density at radius 1 is 1.80 bits per heavy atom. The van der Waals surface area contributed by atoms with Crippen LogP contribution in [-0.2, 0) is 0 Å². The molecule has 0 fully saturated rings. The summed E-state index contributed by atoms with van der Waals surface area (Å²) in [6.07, 6.45) is 1.13. The minimum Gasteiger partial charge on any atom is -0.381 e. The second kappa shape index (κ2) is 3.35. The van der Waals surface area contributed by atoms with E-state index in [1.54, 1.807) is 13.1 Å². The Balaban J connectivity index is 2.66. The summed E-state index contributed by atoms with van der Waals surface area (Å²) in [4.78, 5) is 3.92. The largest absolute Gasteiger partial charge is 0.381 e. The van der Waals surface area contributed by atoms with E-state index in [0.717, 1.165) is 5.01 Å². The third-order valence-electron chi connectivity index (χ3n) is 0.820. The fraction of sp³-hybridized carbons (Fsp3) is 0.286. The van der Waals surface area contributed by atoms with Gasteiger partial charge in [-0.1, -0.05) is 5.92 Å². The van der Waals surface area contributed by atoms with E-state index in [-0.39, 0.29) is 0 Å². The topological polar surface area (TPSA) is 33.1 Å². The lowest BCUT2D eigenvalue weighted by Crippen LogP contribution is -1.92. The molecule has 0 radical (unpaired) electrons. The molecule has 1 unspecified atom stereocenters. The molecule has 0 saturated heterocycles. The maximum absolute atomic E-state index is 8.75. The van der Waals surface area contributed by atoms with Crippen LogP contribution in [0.3, 0.4) is 0 Å². The summed E-state index contributed by atoms with van der Waals surface area (Å²) in [5, 5.41) is 11.4.